The van der Waals surface area contributed by atoms with Crippen molar-refractivity contribution in [2.45, 2.75) is 70.0 Å². The fourth-order valence-electron chi connectivity index (χ4n) is 6.67. The Morgan fingerprint density at radius 2 is 1.74 bits per heavy atom. The molecule has 0 spiro atoms. The van der Waals surface area contributed by atoms with Crippen LogP contribution in [0.25, 0.3) is 0 Å². The maximum absolute atomic E-state index is 13.4. The molecule has 208 valence electrons. The molecule has 3 unspecified atom stereocenters. The highest BCUT2D eigenvalue weighted by atomic mass is 35.5. The van der Waals surface area contributed by atoms with E-state index < -0.39 is 0 Å². The van der Waals surface area contributed by atoms with Crippen LogP contribution in [-0.4, -0.2) is 83.9 Å². The molecule has 8 nitrogen and oxygen atoms in total. The van der Waals surface area contributed by atoms with Crippen LogP contribution in [0.2, 0.25) is 10.0 Å². The Kier molecular flexibility index (Phi) is 9.14. The summed E-state index contributed by atoms with van der Waals surface area (Å²) in [5, 5.41) is 7.30. The lowest BCUT2D eigenvalue weighted by Crippen LogP contribution is -2.62. The number of nitrogens with zero attached hydrogens (tertiary/aromatic N) is 3. The Morgan fingerprint density at radius 1 is 0.974 bits per heavy atom. The van der Waals surface area contributed by atoms with Crippen molar-refractivity contribution in [2.24, 2.45) is 11.8 Å². The summed E-state index contributed by atoms with van der Waals surface area (Å²) in [4.78, 5) is 45.2. The zero-order valence-electron chi connectivity index (χ0n) is 22.0. The molecule has 1 aromatic rings. The lowest BCUT2D eigenvalue weighted by atomic mass is 9.79. The molecule has 4 fully saturated rings. The molecule has 2 aliphatic carbocycles. The predicted molar refractivity (Wildman–Crippen MR) is 148 cm³/mol. The number of halogens is 2. The van der Waals surface area contributed by atoms with Crippen LogP contribution in [0.15, 0.2) is 18.2 Å². The number of fused-ring (bicyclic) bond motifs is 1. The van der Waals surface area contributed by atoms with Crippen LogP contribution in [0.3, 0.4) is 0 Å². The number of nitrogens with one attached hydrogen (secondary N) is 2. The van der Waals surface area contributed by atoms with Gasteiger partial charge in [-0.05, 0) is 49.8 Å². The summed E-state index contributed by atoms with van der Waals surface area (Å²) in [5.74, 6) is 0.328. The third kappa shape index (κ3) is 6.46. The van der Waals surface area contributed by atoms with Gasteiger partial charge in [0.25, 0.3) is 0 Å². The molecular weight excluding hydrogens is 525 g/mol. The van der Waals surface area contributed by atoms with Gasteiger partial charge in [0, 0.05) is 50.7 Å². The quantitative estimate of drug-likeness (QED) is 0.555. The largest absolute Gasteiger partial charge is 0.350 e. The summed E-state index contributed by atoms with van der Waals surface area (Å²) < 4.78 is 0. The van der Waals surface area contributed by atoms with Crippen molar-refractivity contribution in [3.05, 3.63) is 33.8 Å². The first-order valence-electron chi connectivity index (χ1n) is 14.1. The summed E-state index contributed by atoms with van der Waals surface area (Å²) in [6.45, 7) is 4.09. The number of hydrogen-bond donors (Lipinski definition) is 2. The van der Waals surface area contributed by atoms with E-state index in [1.54, 1.807) is 17.0 Å². The standard InChI is InChI=1S/C28H39Cl2N5O3/c29-23-8-6-19(14-24(23)30)16-31-26(36)17-35-18-32-25-9-7-21(15-22(25)28(35)38)33-10-12-34(13-11-33)27(37)20-4-2-1-3-5-20/h6,8,14,20-22,25,32H,1-5,7,9-13,15-18H2,(H,31,36). The van der Waals surface area contributed by atoms with E-state index >= 15 is 0 Å². The van der Waals surface area contributed by atoms with Gasteiger partial charge in [0.1, 0.15) is 6.54 Å². The summed E-state index contributed by atoms with van der Waals surface area (Å²) in [6.07, 6.45) is 8.53. The first kappa shape index (κ1) is 27.7. The molecule has 5 rings (SSSR count). The monoisotopic (exact) mass is 563 g/mol. The smallest absolute Gasteiger partial charge is 0.239 e. The van der Waals surface area contributed by atoms with Gasteiger partial charge in [-0.1, -0.05) is 48.5 Å². The Labute approximate surface area is 235 Å². The van der Waals surface area contributed by atoms with E-state index in [9.17, 15) is 14.4 Å². The molecular formula is C28H39Cl2N5O3. The number of hydrogen-bond acceptors (Lipinski definition) is 5. The van der Waals surface area contributed by atoms with Gasteiger partial charge < -0.3 is 15.1 Å². The van der Waals surface area contributed by atoms with E-state index in [-0.39, 0.29) is 36.2 Å². The maximum Gasteiger partial charge on any atom is 0.239 e. The number of piperazine rings is 1. The lowest BCUT2D eigenvalue weighted by molar-refractivity contribution is -0.146. The molecule has 3 amide bonds. The van der Waals surface area contributed by atoms with Crippen LogP contribution in [0, 0.1) is 11.8 Å². The summed E-state index contributed by atoms with van der Waals surface area (Å²) in [7, 11) is 0. The molecule has 1 aromatic carbocycles. The third-order valence-corrected chi connectivity index (χ3v) is 9.64. The molecule has 0 aromatic heterocycles. The second-order valence-corrected chi connectivity index (χ2v) is 12.1. The topological polar surface area (TPSA) is 85.0 Å². The van der Waals surface area contributed by atoms with Gasteiger partial charge in [-0.2, -0.15) is 0 Å². The average molecular weight is 565 g/mol. The molecule has 2 N–H and O–H groups in total. The number of rotatable bonds is 6. The van der Waals surface area contributed by atoms with Crippen molar-refractivity contribution < 1.29 is 14.4 Å². The molecule has 0 bridgehead atoms. The van der Waals surface area contributed by atoms with Gasteiger partial charge in [-0.25, -0.2) is 0 Å². The van der Waals surface area contributed by atoms with E-state index in [1.807, 2.05) is 6.07 Å². The van der Waals surface area contributed by atoms with Crippen LogP contribution in [-0.2, 0) is 20.9 Å². The van der Waals surface area contributed by atoms with Gasteiger partial charge in [0.05, 0.1) is 22.6 Å². The van der Waals surface area contributed by atoms with Gasteiger partial charge in [0.2, 0.25) is 17.7 Å². The SMILES string of the molecule is O=C(CN1CNC2CCC(N3CCN(C(=O)C4CCCCC4)CC3)CC2C1=O)NCc1ccc(Cl)c(Cl)c1. The zero-order chi connectivity index (χ0) is 26.6. The number of amides is 3. The molecule has 3 atom stereocenters. The first-order chi connectivity index (χ1) is 18.4. The Balaban J connectivity index is 1.09. The summed E-state index contributed by atoms with van der Waals surface area (Å²) in [6, 6.07) is 5.77. The highest BCUT2D eigenvalue weighted by Gasteiger charge is 2.43. The number of benzene rings is 1. The van der Waals surface area contributed by atoms with Crippen LogP contribution < -0.4 is 10.6 Å². The molecule has 2 saturated carbocycles. The number of carbonyl (C=O) groups is 3. The highest BCUT2D eigenvalue weighted by molar-refractivity contribution is 6.42. The lowest BCUT2D eigenvalue weighted by Gasteiger charge is -2.47. The van der Waals surface area contributed by atoms with Crippen molar-refractivity contribution in [3.63, 3.8) is 0 Å². The van der Waals surface area contributed by atoms with E-state index in [4.69, 9.17) is 23.2 Å². The minimum Gasteiger partial charge on any atom is -0.350 e. The normalized spacial score (nSPS) is 27.2. The van der Waals surface area contributed by atoms with Crippen LogP contribution in [0.5, 0.6) is 0 Å². The second-order valence-electron chi connectivity index (χ2n) is 11.3. The van der Waals surface area contributed by atoms with Crippen molar-refractivity contribution in [1.82, 2.24) is 25.3 Å². The predicted octanol–water partition coefficient (Wildman–Crippen LogP) is 3.26. The summed E-state index contributed by atoms with van der Waals surface area (Å²) in [5.41, 5.74) is 0.853. The van der Waals surface area contributed by atoms with Crippen molar-refractivity contribution in [3.8, 4) is 0 Å². The van der Waals surface area contributed by atoms with Gasteiger partial charge >= 0.3 is 0 Å². The van der Waals surface area contributed by atoms with E-state index in [1.165, 1.54) is 19.3 Å². The molecule has 2 heterocycles. The fraction of sp³-hybridized carbons (Fsp3) is 0.679. The molecule has 0 radical (unpaired) electrons. The van der Waals surface area contributed by atoms with Crippen molar-refractivity contribution in [2.75, 3.05) is 39.4 Å². The highest BCUT2D eigenvalue weighted by Crippen LogP contribution is 2.33. The first-order valence-corrected chi connectivity index (χ1v) is 14.9. The zero-order valence-corrected chi connectivity index (χ0v) is 23.5. The average Bonchev–Trinajstić information content (AvgIpc) is 2.95. The molecule has 38 heavy (non-hydrogen) atoms. The van der Waals surface area contributed by atoms with E-state index in [2.05, 4.69) is 20.4 Å². The molecule has 2 aliphatic heterocycles. The van der Waals surface area contributed by atoms with Gasteiger partial charge in [-0.3, -0.25) is 24.6 Å². The Bertz CT molecular complexity index is 1030. The Morgan fingerprint density at radius 3 is 2.47 bits per heavy atom. The van der Waals surface area contributed by atoms with Gasteiger partial charge in [0.15, 0.2) is 0 Å². The van der Waals surface area contributed by atoms with Crippen LogP contribution >= 0.6 is 23.2 Å². The minimum absolute atomic E-state index is 0.0307. The number of carbonyl (C=O) groups excluding carboxylic acids is 3. The molecule has 4 aliphatic rings. The third-order valence-electron chi connectivity index (χ3n) is 8.90. The fourth-order valence-corrected chi connectivity index (χ4v) is 6.99. The minimum atomic E-state index is -0.198. The Hall–Kier alpha value is -1.87. The second kappa shape index (κ2) is 12.5. The van der Waals surface area contributed by atoms with Gasteiger partial charge in [-0.15, -0.1) is 0 Å². The van der Waals surface area contributed by atoms with Crippen molar-refractivity contribution in [1.29, 1.82) is 0 Å². The van der Waals surface area contributed by atoms with Crippen molar-refractivity contribution >= 4 is 40.9 Å². The molecule has 2 saturated heterocycles. The van der Waals surface area contributed by atoms with E-state index in [0.717, 1.165) is 63.8 Å². The molecule has 10 heteroatoms. The maximum atomic E-state index is 13.4. The van der Waals surface area contributed by atoms with Crippen LogP contribution in [0.4, 0.5) is 0 Å². The van der Waals surface area contributed by atoms with Crippen LogP contribution in [0.1, 0.15) is 56.9 Å². The van der Waals surface area contributed by atoms with E-state index in [0.29, 0.717) is 35.2 Å². The summed E-state index contributed by atoms with van der Waals surface area (Å²) >= 11 is 12.0.